The highest BCUT2D eigenvalue weighted by molar-refractivity contribution is 5.76. The quantitative estimate of drug-likeness (QED) is 0.364. The Morgan fingerprint density at radius 3 is 2.76 bits per heavy atom. The standard InChI is InChI=1S/C30H44N2O5/c1-21-6-5-9-30(2)18-28-24(17-26(21)30)25(29(33)37-28)20-32(11-10-31-12-14-36-15-13-31)19-22-16-23(34-3)7-8-27(22)35-4/h7-8,16-17,21,24-25,28H,5-6,9-15,18-20H2,1-4H3/t21-,24+,25-,28+,30+/m0/s1. The van der Waals surface area contributed by atoms with Gasteiger partial charge >= 0.3 is 5.97 Å². The number of nitrogens with zero attached hydrogens (tertiary/aromatic N) is 2. The van der Waals surface area contributed by atoms with Gasteiger partial charge in [0.15, 0.2) is 0 Å². The SMILES string of the molecule is COc1ccc(OC)c(CN(CCN2CCOCC2)C[C@@H]2C(=O)O[C@@H]3C[C@@]4(C)CCC[C@H](C)C4=C[C@H]23)c1. The summed E-state index contributed by atoms with van der Waals surface area (Å²) in [5.74, 6) is 2.24. The van der Waals surface area contributed by atoms with Crippen LogP contribution >= 0.6 is 0 Å². The molecule has 1 aromatic rings. The van der Waals surface area contributed by atoms with Gasteiger partial charge in [-0.15, -0.1) is 0 Å². The van der Waals surface area contributed by atoms with Crippen LogP contribution in [0.3, 0.4) is 0 Å². The Hall–Kier alpha value is -2.09. The van der Waals surface area contributed by atoms with Crippen molar-refractivity contribution in [3.63, 3.8) is 0 Å². The molecule has 2 saturated heterocycles. The van der Waals surface area contributed by atoms with E-state index in [4.69, 9.17) is 18.9 Å². The van der Waals surface area contributed by atoms with E-state index in [0.717, 1.165) is 62.9 Å². The summed E-state index contributed by atoms with van der Waals surface area (Å²) in [6.07, 6.45) is 7.15. The van der Waals surface area contributed by atoms with Crippen molar-refractivity contribution >= 4 is 5.97 Å². The summed E-state index contributed by atoms with van der Waals surface area (Å²) in [6.45, 7) is 11.4. The van der Waals surface area contributed by atoms with Crippen LogP contribution in [0.5, 0.6) is 11.5 Å². The van der Waals surface area contributed by atoms with Gasteiger partial charge in [-0.2, -0.15) is 0 Å². The summed E-state index contributed by atoms with van der Waals surface area (Å²) >= 11 is 0. The number of rotatable bonds is 9. The largest absolute Gasteiger partial charge is 0.497 e. The number of fused-ring (bicyclic) bond motifs is 2. The normalized spacial score (nSPS) is 31.9. The summed E-state index contributed by atoms with van der Waals surface area (Å²) in [5, 5.41) is 0. The third-order valence-electron chi connectivity index (χ3n) is 9.25. The molecule has 2 heterocycles. The molecule has 4 aliphatic rings. The van der Waals surface area contributed by atoms with E-state index in [-0.39, 0.29) is 29.3 Å². The summed E-state index contributed by atoms with van der Waals surface area (Å²) in [4.78, 5) is 18.2. The summed E-state index contributed by atoms with van der Waals surface area (Å²) < 4.78 is 22.8. The molecule has 1 aromatic carbocycles. The van der Waals surface area contributed by atoms with Gasteiger partial charge in [-0.3, -0.25) is 14.6 Å². The van der Waals surface area contributed by atoms with Crippen molar-refractivity contribution in [3.8, 4) is 11.5 Å². The van der Waals surface area contributed by atoms with E-state index in [1.54, 1.807) is 19.8 Å². The van der Waals surface area contributed by atoms with E-state index in [2.05, 4.69) is 29.7 Å². The van der Waals surface area contributed by atoms with E-state index < -0.39 is 0 Å². The number of ether oxygens (including phenoxy) is 4. The molecule has 0 unspecified atom stereocenters. The Morgan fingerprint density at radius 1 is 1.19 bits per heavy atom. The lowest BCUT2D eigenvalue weighted by molar-refractivity contribution is -0.145. The maximum atomic E-state index is 13.3. The Kier molecular flexibility index (Phi) is 8.13. The molecular formula is C30H44N2O5. The van der Waals surface area contributed by atoms with Crippen LogP contribution in [0.1, 0.15) is 45.1 Å². The Morgan fingerprint density at radius 2 is 2.00 bits per heavy atom. The van der Waals surface area contributed by atoms with Crippen molar-refractivity contribution in [1.29, 1.82) is 0 Å². The van der Waals surface area contributed by atoms with Gasteiger partial charge in [0.05, 0.1) is 33.4 Å². The van der Waals surface area contributed by atoms with Crippen LogP contribution in [0, 0.1) is 23.2 Å². The smallest absolute Gasteiger partial charge is 0.311 e. The first-order valence-electron chi connectivity index (χ1n) is 14.1. The highest BCUT2D eigenvalue weighted by atomic mass is 16.6. The van der Waals surface area contributed by atoms with Crippen molar-refractivity contribution < 1.29 is 23.7 Å². The van der Waals surface area contributed by atoms with Crippen LogP contribution in [0.2, 0.25) is 0 Å². The van der Waals surface area contributed by atoms with Gasteiger partial charge in [-0.1, -0.05) is 31.9 Å². The van der Waals surface area contributed by atoms with Crippen molar-refractivity contribution in [2.45, 2.75) is 52.2 Å². The van der Waals surface area contributed by atoms with Crippen LogP contribution in [0.25, 0.3) is 0 Å². The summed E-state index contributed by atoms with van der Waals surface area (Å²) in [7, 11) is 3.39. The van der Waals surface area contributed by atoms with Crippen molar-refractivity contribution in [3.05, 3.63) is 35.4 Å². The molecular weight excluding hydrogens is 468 g/mol. The van der Waals surface area contributed by atoms with Gasteiger partial charge < -0.3 is 18.9 Å². The first-order chi connectivity index (χ1) is 17.9. The predicted molar refractivity (Wildman–Crippen MR) is 143 cm³/mol. The summed E-state index contributed by atoms with van der Waals surface area (Å²) in [5.41, 5.74) is 2.82. The predicted octanol–water partition coefficient (Wildman–Crippen LogP) is 4.15. The van der Waals surface area contributed by atoms with Crippen LogP contribution in [0.4, 0.5) is 0 Å². The lowest BCUT2D eigenvalue weighted by Crippen LogP contribution is -2.44. The highest BCUT2D eigenvalue weighted by Gasteiger charge is 2.52. The minimum absolute atomic E-state index is 0.00370. The van der Waals surface area contributed by atoms with Crippen molar-refractivity contribution in [2.75, 3.05) is 60.2 Å². The second-order valence-corrected chi connectivity index (χ2v) is 11.7. The molecule has 37 heavy (non-hydrogen) atoms. The van der Waals surface area contributed by atoms with Crippen LogP contribution in [0.15, 0.2) is 29.8 Å². The third-order valence-corrected chi connectivity index (χ3v) is 9.25. The number of hydrogen-bond donors (Lipinski definition) is 0. The zero-order valence-corrected chi connectivity index (χ0v) is 23.0. The third kappa shape index (κ3) is 5.69. The molecule has 7 heteroatoms. The average Bonchev–Trinajstić information content (AvgIpc) is 3.19. The monoisotopic (exact) mass is 512 g/mol. The van der Waals surface area contributed by atoms with Gasteiger partial charge in [0.1, 0.15) is 17.6 Å². The first-order valence-corrected chi connectivity index (χ1v) is 14.1. The lowest BCUT2D eigenvalue weighted by atomic mass is 9.59. The van der Waals surface area contributed by atoms with Crippen LogP contribution in [-0.2, 0) is 20.8 Å². The molecule has 204 valence electrons. The van der Waals surface area contributed by atoms with E-state index in [9.17, 15) is 4.79 Å². The minimum atomic E-state index is -0.141. The van der Waals surface area contributed by atoms with Crippen LogP contribution in [-0.4, -0.2) is 82.0 Å². The molecule has 5 rings (SSSR count). The Bertz CT molecular complexity index is 990. The molecule has 0 aromatic heterocycles. The van der Waals surface area contributed by atoms with E-state index >= 15 is 0 Å². The first kappa shape index (κ1) is 26.5. The zero-order chi connectivity index (χ0) is 26.0. The van der Waals surface area contributed by atoms with Gasteiger partial charge in [-0.25, -0.2) is 0 Å². The molecule has 0 N–H and O–H groups in total. The second-order valence-electron chi connectivity index (χ2n) is 11.7. The highest BCUT2D eigenvalue weighted by Crippen LogP contribution is 2.54. The van der Waals surface area contributed by atoms with Crippen molar-refractivity contribution in [2.24, 2.45) is 23.2 Å². The maximum Gasteiger partial charge on any atom is 0.311 e. The fraction of sp³-hybridized carbons (Fsp3) is 0.700. The molecule has 0 amide bonds. The maximum absolute atomic E-state index is 13.3. The Labute approximate surface area is 222 Å². The lowest BCUT2D eigenvalue weighted by Gasteiger charge is -2.46. The molecule has 0 radical (unpaired) electrons. The number of allylic oxidation sites excluding steroid dienone is 1. The zero-order valence-electron chi connectivity index (χ0n) is 23.0. The summed E-state index contributed by atoms with van der Waals surface area (Å²) in [6, 6.07) is 5.94. The van der Waals surface area contributed by atoms with E-state index in [1.807, 2.05) is 18.2 Å². The minimum Gasteiger partial charge on any atom is -0.497 e. The van der Waals surface area contributed by atoms with Gasteiger partial charge in [0.25, 0.3) is 0 Å². The molecule has 0 spiro atoms. The second kappa shape index (κ2) is 11.3. The topological polar surface area (TPSA) is 60.5 Å². The number of carbonyl (C=O) groups is 1. The molecule has 3 fully saturated rings. The van der Waals surface area contributed by atoms with Crippen molar-refractivity contribution in [1.82, 2.24) is 9.80 Å². The van der Waals surface area contributed by atoms with Crippen LogP contribution < -0.4 is 9.47 Å². The number of methoxy groups -OCH3 is 2. The molecule has 0 bridgehead atoms. The molecule has 1 saturated carbocycles. The fourth-order valence-corrected chi connectivity index (χ4v) is 7.13. The fourth-order valence-electron chi connectivity index (χ4n) is 7.13. The van der Waals surface area contributed by atoms with E-state index in [1.165, 1.54) is 19.3 Å². The number of esters is 1. The van der Waals surface area contributed by atoms with E-state index in [0.29, 0.717) is 19.0 Å². The molecule has 2 aliphatic carbocycles. The number of carbonyl (C=O) groups excluding carboxylic acids is 1. The van der Waals surface area contributed by atoms with Gasteiger partial charge in [-0.05, 0) is 48.8 Å². The molecule has 2 aliphatic heterocycles. The number of morpholine rings is 1. The average molecular weight is 513 g/mol. The molecule has 7 nitrogen and oxygen atoms in total. The number of benzene rings is 1. The number of hydrogen-bond acceptors (Lipinski definition) is 7. The molecule has 5 atom stereocenters. The van der Waals surface area contributed by atoms with Gasteiger partial charge in [0, 0.05) is 50.7 Å². The Balaban J connectivity index is 1.38. The van der Waals surface area contributed by atoms with Gasteiger partial charge in [0.2, 0.25) is 0 Å².